The van der Waals surface area contributed by atoms with Gasteiger partial charge in [0.25, 0.3) is 5.56 Å². The van der Waals surface area contributed by atoms with Gasteiger partial charge < -0.3 is 10.2 Å². The maximum absolute atomic E-state index is 15.3. The summed E-state index contributed by atoms with van der Waals surface area (Å²) in [7, 11) is 0.491. The van der Waals surface area contributed by atoms with Gasteiger partial charge in [0, 0.05) is 23.7 Å². The molecular formula is C31H42FN7O3S. The molecule has 12 heteroatoms. The molecule has 3 aliphatic rings. The highest BCUT2D eigenvalue weighted by atomic mass is 32.2. The number of aromatic nitrogens is 4. The molecule has 10 nitrogen and oxygen atoms in total. The number of nitrogens with zero attached hydrogens (tertiary/aromatic N) is 5. The van der Waals surface area contributed by atoms with Crippen molar-refractivity contribution in [3.05, 3.63) is 40.6 Å². The molecule has 0 aliphatic heterocycles. The lowest BCUT2D eigenvalue weighted by Crippen LogP contribution is -2.36. The molecule has 0 radical (unpaired) electrons. The average Bonchev–Trinajstić information content (AvgIpc) is 3.54. The molecule has 2 N–H and O–H groups in total. The Bertz CT molecular complexity index is 1670. The number of rotatable bonds is 9. The fraction of sp³-hybridized carbons (Fsp3) is 0.613. The van der Waals surface area contributed by atoms with Crippen LogP contribution in [0.15, 0.2) is 29.2 Å². The molecule has 6 rings (SSSR count). The van der Waals surface area contributed by atoms with Crippen LogP contribution >= 0.6 is 0 Å². The molecule has 0 saturated heterocycles. The molecule has 3 saturated carbocycles. The molecule has 232 valence electrons. The van der Waals surface area contributed by atoms with Gasteiger partial charge in [-0.3, -0.25) is 14.1 Å². The zero-order valence-electron chi connectivity index (χ0n) is 25.4. The Morgan fingerprint density at radius 1 is 1.09 bits per heavy atom. The van der Waals surface area contributed by atoms with E-state index in [4.69, 9.17) is 0 Å². The Morgan fingerprint density at radius 2 is 1.81 bits per heavy atom. The van der Waals surface area contributed by atoms with E-state index in [1.165, 1.54) is 18.2 Å². The molecule has 1 aromatic carbocycles. The Labute approximate surface area is 252 Å². The van der Waals surface area contributed by atoms with Crippen molar-refractivity contribution in [1.29, 1.82) is 0 Å². The molecule has 2 aromatic heterocycles. The average molecular weight is 612 g/mol. The van der Waals surface area contributed by atoms with E-state index in [9.17, 15) is 13.2 Å². The predicted molar refractivity (Wildman–Crippen MR) is 167 cm³/mol. The molecule has 2 bridgehead atoms. The topological polar surface area (TPSA) is 122 Å². The van der Waals surface area contributed by atoms with Gasteiger partial charge >= 0.3 is 0 Å². The molecule has 0 spiro atoms. The van der Waals surface area contributed by atoms with Crippen molar-refractivity contribution < 1.29 is 12.8 Å². The number of fused-ring (bicyclic) bond motifs is 3. The van der Waals surface area contributed by atoms with Gasteiger partial charge in [-0.2, -0.15) is 4.98 Å². The molecule has 3 aliphatic carbocycles. The summed E-state index contributed by atoms with van der Waals surface area (Å²) in [5.41, 5.74) is 0.429. The fourth-order valence-corrected chi connectivity index (χ4v) is 9.31. The fourth-order valence-electron chi connectivity index (χ4n) is 7.52. The van der Waals surface area contributed by atoms with Crippen molar-refractivity contribution >= 4 is 32.8 Å². The SMILES string of the molecule is CC(C)n1c(=O)c(-c2ccc(NS(=O)(=O)CC34CCC(CC3)C4)c(F)c2)nc2cnc(N[C@H]3CC[C@H](N(C)C)CC3)nc21. The van der Waals surface area contributed by atoms with Crippen LogP contribution in [0.2, 0.25) is 0 Å². The lowest BCUT2D eigenvalue weighted by atomic mass is 9.87. The van der Waals surface area contributed by atoms with E-state index in [-0.39, 0.29) is 40.2 Å². The second-order valence-corrected chi connectivity index (χ2v) is 15.2. The normalized spacial score (nSPS) is 25.6. The lowest BCUT2D eigenvalue weighted by molar-refractivity contribution is 0.221. The monoisotopic (exact) mass is 611 g/mol. The third-order valence-corrected chi connectivity index (χ3v) is 11.3. The van der Waals surface area contributed by atoms with Crippen LogP contribution in [0.5, 0.6) is 0 Å². The Morgan fingerprint density at radius 3 is 2.42 bits per heavy atom. The van der Waals surface area contributed by atoms with Crippen molar-refractivity contribution in [2.75, 3.05) is 29.9 Å². The number of hydrogen-bond acceptors (Lipinski definition) is 8. The summed E-state index contributed by atoms with van der Waals surface area (Å²) in [5, 5.41) is 3.44. The van der Waals surface area contributed by atoms with Crippen LogP contribution in [0, 0.1) is 17.2 Å². The highest BCUT2D eigenvalue weighted by molar-refractivity contribution is 7.92. The van der Waals surface area contributed by atoms with E-state index < -0.39 is 21.4 Å². The zero-order chi connectivity index (χ0) is 30.5. The second kappa shape index (κ2) is 11.4. The van der Waals surface area contributed by atoms with Crippen LogP contribution in [0.3, 0.4) is 0 Å². The van der Waals surface area contributed by atoms with Crippen molar-refractivity contribution in [2.45, 2.75) is 89.8 Å². The number of halogens is 1. The number of nitrogens with one attached hydrogen (secondary N) is 2. The first-order valence-electron chi connectivity index (χ1n) is 15.4. The largest absolute Gasteiger partial charge is 0.351 e. The first kappa shape index (κ1) is 29.9. The van der Waals surface area contributed by atoms with Crippen LogP contribution in [0.1, 0.15) is 77.7 Å². The van der Waals surface area contributed by atoms with Crippen molar-refractivity contribution in [3.63, 3.8) is 0 Å². The summed E-state index contributed by atoms with van der Waals surface area (Å²) in [6, 6.07) is 4.66. The molecule has 0 atom stereocenters. The summed E-state index contributed by atoms with van der Waals surface area (Å²) < 4.78 is 45.3. The summed E-state index contributed by atoms with van der Waals surface area (Å²) >= 11 is 0. The summed E-state index contributed by atoms with van der Waals surface area (Å²) in [4.78, 5) is 29.7. The molecular weight excluding hydrogens is 569 g/mol. The minimum Gasteiger partial charge on any atom is -0.351 e. The number of anilines is 2. The van der Waals surface area contributed by atoms with Crippen molar-refractivity contribution in [2.24, 2.45) is 11.3 Å². The quantitative estimate of drug-likeness (QED) is 0.340. The second-order valence-electron chi connectivity index (χ2n) is 13.4. The van der Waals surface area contributed by atoms with Gasteiger partial charge in [0.05, 0.1) is 17.6 Å². The van der Waals surface area contributed by atoms with E-state index in [1.54, 1.807) is 10.8 Å². The van der Waals surface area contributed by atoms with Crippen molar-refractivity contribution in [3.8, 4) is 11.3 Å². The van der Waals surface area contributed by atoms with Crippen LogP contribution < -0.4 is 15.6 Å². The Balaban J connectivity index is 1.24. The third-order valence-electron chi connectivity index (χ3n) is 9.80. The standard InChI is InChI=1S/C31H42FN7O3S/c1-19(2)39-28-26(17-33-30(36-28)34-22-6-8-23(9-7-22)38(3)4)35-27(29(39)40)21-5-10-25(24(32)15-21)37-43(41,42)18-31-13-11-20(16-31)12-14-31/h5,10,15,17,19-20,22-23,37H,6-9,11-14,16,18H2,1-4H3,(H,33,34,36)/t20?,22-,23-,31?. The predicted octanol–water partition coefficient (Wildman–Crippen LogP) is 5.18. The molecule has 43 heavy (non-hydrogen) atoms. The lowest BCUT2D eigenvalue weighted by Gasteiger charge is -2.32. The van der Waals surface area contributed by atoms with Crippen molar-refractivity contribution in [1.82, 2.24) is 24.4 Å². The van der Waals surface area contributed by atoms with Gasteiger partial charge in [-0.05, 0) is 109 Å². The van der Waals surface area contributed by atoms with Gasteiger partial charge in [0.2, 0.25) is 16.0 Å². The number of benzene rings is 1. The van der Waals surface area contributed by atoms with Crippen LogP contribution in [0.25, 0.3) is 22.4 Å². The van der Waals surface area contributed by atoms with E-state index in [0.29, 0.717) is 29.1 Å². The van der Waals surface area contributed by atoms with Gasteiger partial charge in [-0.25, -0.2) is 22.8 Å². The van der Waals surface area contributed by atoms with E-state index in [1.807, 2.05) is 13.8 Å². The Hall–Kier alpha value is -3.12. The molecule has 0 amide bonds. The molecule has 2 heterocycles. The highest BCUT2D eigenvalue weighted by Crippen LogP contribution is 2.54. The Kier molecular flexibility index (Phi) is 7.95. The first-order chi connectivity index (χ1) is 20.4. The van der Waals surface area contributed by atoms with E-state index >= 15 is 4.39 Å². The summed E-state index contributed by atoms with van der Waals surface area (Å²) in [5.74, 6) is 0.331. The maximum Gasteiger partial charge on any atom is 0.278 e. The minimum atomic E-state index is -3.73. The zero-order valence-corrected chi connectivity index (χ0v) is 26.3. The van der Waals surface area contributed by atoms with E-state index in [0.717, 1.165) is 57.8 Å². The van der Waals surface area contributed by atoms with Gasteiger partial charge in [0.1, 0.15) is 17.0 Å². The number of sulfonamides is 1. The van der Waals surface area contributed by atoms with Gasteiger partial charge in [0.15, 0.2) is 5.65 Å². The van der Waals surface area contributed by atoms with E-state index in [2.05, 4.69) is 44.0 Å². The summed E-state index contributed by atoms with van der Waals surface area (Å²) in [6.07, 6.45) is 10.7. The maximum atomic E-state index is 15.3. The highest BCUT2D eigenvalue weighted by Gasteiger charge is 2.47. The third kappa shape index (κ3) is 6.13. The van der Waals surface area contributed by atoms with Gasteiger partial charge in [-0.15, -0.1) is 0 Å². The molecule has 0 unspecified atom stereocenters. The minimum absolute atomic E-state index is 0.0111. The smallest absolute Gasteiger partial charge is 0.278 e. The number of hydrogen-bond donors (Lipinski definition) is 2. The molecule has 3 aromatic rings. The molecule has 3 fully saturated rings. The van der Waals surface area contributed by atoms with Crippen LogP contribution in [-0.4, -0.2) is 64.8 Å². The summed E-state index contributed by atoms with van der Waals surface area (Å²) in [6.45, 7) is 3.77. The van der Waals surface area contributed by atoms with Crippen LogP contribution in [-0.2, 0) is 10.0 Å². The first-order valence-corrected chi connectivity index (χ1v) is 17.1. The van der Waals surface area contributed by atoms with Crippen LogP contribution in [0.4, 0.5) is 16.0 Å². The van der Waals surface area contributed by atoms with Gasteiger partial charge in [-0.1, -0.05) is 6.07 Å².